The van der Waals surface area contributed by atoms with Crippen LogP contribution in [0.3, 0.4) is 0 Å². The molecule has 0 aliphatic carbocycles. The summed E-state index contributed by atoms with van der Waals surface area (Å²) in [5.41, 5.74) is 3.08. The Morgan fingerprint density at radius 2 is 1.82 bits per heavy atom. The van der Waals surface area contributed by atoms with E-state index in [9.17, 15) is 4.79 Å². The number of amides is 1. The molecule has 0 saturated carbocycles. The van der Waals surface area contributed by atoms with E-state index in [2.05, 4.69) is 5.32 Å². The van der Waals surface area contributed by atoms with Gasteiger partial charge in [0.15, 0.2) is 6.10 Å². The molecular weight excluding hydrogens is 276 g/mol. The van der Waals surface area contributed by atoms with Gasteiger partial charge >= 0.3 is 0 Å². The molecule has 112 valence electrons. The van der Waals surface area contributed by atoms with Crippen molar-refractivity contribution < 1.29 is 9.53 Å². The summed E-state index contributed by atoms with van der Waals surface area (Å²) in [6, 6.07) is 14.7. The van der Waals surface area contributed by atoms with E-state index in [4.69, 9.17) is 10.00 Å². The Kier molecular flexibility index (Phi) is 4.80. The summed E-state index contributed by atoms with van der Waals surface area (Å²) < 4.78 is 5.69. The van der Waals surface area contributed by atoms with Crippen molar-refractivity contribution in [1.82, 2.24) is 0 Å². The number of rotatable bonds is 4. The average molecular weight is 294 g/mol. The van der Waals surface area contributed by atoms with Crippen LogP contribution in [-0.4, -0.2) is 12.0 Å². The first-order valence-electron chi connectivity index (χ1n) is 7.04. The summed E-state index contributed by atoms with van der Waals surface area (Å²) in [7, 11) is 0. The van der Waals surface area contributed by atoms with Gasteiger partial charge in [0.25, 0.3) is 5.91 Å². The van der Waals surface area contributed by atoms with Crippen LogP contribution in [0.2, 0.25) is 0 Å². The third-order valence-corrected chi connectivity index (χ3v) is 3.18. The molecule has 0 spiro atoms. The van der Waals surface area contributed by atoms with E-state index < -0.39 is 6.10 Å². The summed E-state index contributed by atoms with van der Waals surface area (Å²) >= 11 is 0. The fourth-order valence-electron chi connectivity index (χ4n) is 2.18. The number of hydrogen-bond acceptors (Lipinski definition) is 3. The number of anilines is 1. The first kappa shape index (κ1) is 15.6. The maximum Gasteiger partial charge on any atom is 0.265 e. The number of nitrogens with zero attached hydrogens (tertiary/aromatic N) is 1. The Morgan fingerprint density at radius 3 is 2.45 bits per heavy atom. The Labute approximate surface area is 130 Å². The molecule has 4 nitrogen and oxygen atoms in total. The van der Waals surface area contributed by atoms with Crippen molar-refractivity contribution in [3.63, 3.8) is 0 Å². The van der Waals surface area contributed by atoms with Crippen LogP contribution in [0.5, 0.6) is 5.75 Å². The molecule has 1 unspecified atom stereocenters. The van der Waals surface area contributed by atoms with Crippen molar-refractivity contribution in [3.8, 4) is 11.8 Å². The van der Waals surface area contributed by atoms with Crippen molar-refractivity contribution in [2.45, 2.75) is 26.9 Å². The van der Waals surface area contributed by atoms with E-state index in [1.165, 1.54) is 0 Å². The van der Waals surface area contributed by atoms with Crippen LogP contribution in [-0.2, 0) is 4.79 Å². The standard InChI is InChI=1S/C18H18N2O2/c1-12-8-13(2)10-16(9-12)22-14(3)18(21)20-17-7-5-4-6-15(17)11-19/h4-10,14H,1-3H3,(H,20,21). The van der Waals surface area contributed by atoms with Gasteiger partial charge in [0.05, 0.1) is 11.3 Å². The SMILES string of the molecule is Cc1cc(C)cc(OC(C)C(=O)Nc2ccccc2C#N)c1. The summed E-state index contributed by atoms with van der Waals surface area (Å²) in [5.74, 6) is 0.371. The molecule has 2 aromatic carbocycles. The monoisotopic (exact) mass is 294 g/mol. The lowest BCUT2D eigenvalue weighted by atomic mass is 10.1. The molecule has 2 rings (SSSR count). The largest absolute Gasteiger partial charge is 0.481 e. The van der Waals surface area contributed by atoms with E-state index in [1.807, 2.05) is 38.1 Å². The summed E-state index contributed by atoms with van der Waals surface area (Å²) in [4.78, 5) is 12.2. The molecule has 4 heteroatoms. The quantitative estimate of drug-likeness (QED) is 0.937. The zero-order valence-corrected chi connectivity index (χ0v) is 12.9. The molecule has 0 heterocycles. The number of carbonyl (C=O) groups excluding carboxylic acids is 1. The van der Waals surface area contributed by atoms with Crippen molar-refractivity contribution >= 4 is 11.6 Å². The molecule has 0 bridgehead atoms. The van der Waals surface area contributed by atoms with Crippen LogP contribution in [0.25, 0.3) is 0 Å². The van der Waals surface area contributed by atoms with Crippen molar-refractivity contribution in [2.75, 3.05) is 5.32 Å². The predicted octanol–water partition coefficient (Wildman–Crippen LogP) is 3.58. The van der Waals surface area contributed by atoms with E-state index in [1.54, 1.807) is 31.2 Å². The van der Waals surface area contributed by atoms with Crippen LogP contribution < -0.4 is 10.1 Å². The number of nitriles is 1. The minimum Gasteiger partial charge on any atom is -0.481 e. The molecule has 1 atom stereocenters. The highest BCUT2D eigenvalue weighted by molar-refractivity contribution is 5.95. The van der Waals surface area contributed by atoms with Gasteiger partial charge in [-0.3, -0.25) is 4.79 Å². The molecule has 22 heavy (non-hydrogen) atoms. The van der Waals surface area contributed by atoms with Crippen molar-refractivity contribution in [3.05, 3.63) is 59.2 Å². The Balaban J connectivity index is 2.08. The number of benzene rings is 2. The minimum atomic E-state index is -0.659. The number of aryl methyl sites for hydroxylation is 2. The Bertz CT molecular complexity index is 712. The van der Waals surface area contributed by atoms with E-state index in [0.717, 1.165) is 11.1 Å². The number of para-hydroxylation sites is 1. The predicted molar refractivity (Wildman–Crippen MR) is 85.8 cm³/mol. The Hall–Kier alpha value is -2.80. The number of nitrogens with one attached hydrogen (secondary N) is 1. The Morgan fingerprint density at radius 1 is 1.18 bits per heavy atom. The first-order chi connectivity index (χ1) is 10.5. The summed E-state index contributed by atoms with van der Waals surface area (Å²) in [5, 5.41) is 11.8. The second kappa shape index (κ2) is 6.77. The fourth-order valence-corrected chi connectivity index (χ4v) is 2.18. The molecule has 1 N–H and O–H groups in total. The van der Waals surface area contributed by atoms with E-state index in [-0.39, 0.29) is 5.91 Å². The van der Waals surface area contributed by atoms with E-state index in [0.29, 0.717) is 17.0 Å². The highest BCUT2D eigenvalue weighted by atomic mass is 16.5. The number of ether oxygens (including phenoxy) is 1. The van der Waals surface area contributed by atoms with Gasteiger partial charge in [-0.2, -0.15) is 5.26 Å². The van der Waals surface area contributed by atoms with Gasteiger partial charge < -0.3 is 10.1 Å². The lowest BCUT2D eigenvalue weighted by Crippen LogP contribution is -2.30. The molecule has 0 aliphatic heterocycles. The van der Waals surface area contributed by atoms with Crippen LogP contribution in [0.4, 0.5) is 5.69 Å². The summed E-state index contributed by atoms with van der Waals surface area (Å²) in [6.45, 7) is 5.64. The topological polar surface area (TPSA) is 62.1 Å². The van der Waals surface area contributed by atoms with Crippen LogP contribution >= 0.6 is 0 Å². The maximum absolute atomic E-state index is 12.2. The van der Waals surface area contributed by atoms with Gasteiger partial charge in [0, 0.05) is 0 Å². The zero-order chi connectivity index (χ0) is 16.1. The number of carbonyl (C=O) groups is 1. The normalized spacial score (nSPS) is 11.4. The van der Waals surface area contributed by atoms with E-state index >= 15 is 0 Å². The second-order valence-electron chi connectivity index (χ2n) is 5.23. The van der Waals surface area contributed by atoms with Gasteiger partial charge in [-0.05, 0) is 56.2 Å². The van der Waals surface area contributed by atoms with Gasteiger partial charge in [-0.15, -0.1) is 0 Å². The first-order valence-corrected chi connectivity index (χ1v) is 7.04. The van der Waals surface area contributed by atoms with Crippen molar-refractivity contribution in [2.24, 2.45) is 0 Å². The second-order valence-corrected chi connectivity index (χ2v) is 5.23. The molecule has 0 fully saturated rings. The van der Waals surface area contributed by atoms with Gasteiger partial charge in [0.1, 0.15) is 11.8 Å². The molecule has 0 aliphatic rings. The smallest absolute Gasteiger partial charge is 0.265 e. The van der Waals surface area contributed by atoms with Crippen LogP contribution in [0.15, 0.2) is 42.5 Å². The molecule has 0 saturated heterocycles. The highest BCUT2D eigenvalue weighted by Gasteiger charge is 2.16. The molecule has 2 aromatic rings. The summed E-state index contributed by atoms with van der Waals surface area (Å²) in [6.07, 6.45) is -0.659. The lowest BCUT2D eigenvalue weighted by molar-refractivity contribution is -0.122. The lowest BCUT2D eigenvalue weighted by Gasteiger charge is -2.16. The molecule has 0 aromatic heterocycles. The fraction of sp³-hybridized carbons (Fsp3) is 0.222. The van der Waals surface area contributed by atoms with Crippen molar-refractivity contribution in [1.29, 1.82) is 5.26 Å². The van der Waals surface area contributed by atoms with Crippen LogP contribution in [0.1, 0.15) is 23.6 Å². The average Bonchev–Trinajstić information content (AvgIpc) is 2.46. The zero-order valence-electron chi connectivity index (χ0n) is 12.9. The third-order valence-electron chi connectivity index (χ3n) is 3.18. The molecule has 0 radical (unpaired) electrons. The van der Waals surface area contributed by atoms with Gasteiger partial charge in [-0.1, -0.05) is 18.2 Å². The van der Waals surface area contributed by atoms with Crippen LogP contribution in [0, 0.1) is 25.2 Å². The van der Waals surface area contributed by atoms with Gasteiger partial charge in [-0.25, -0.2) is 0 Å². The maximum atomic E-state index is 12.2. The highest BCUT2D eigenvalue weighted by Crippen LogP contribution is 2.19. The minimum absolute atomic E-state index is 0.290. The molecule has 1 amide bonds. The molecular formula is C18H18N2O2. The third kappa shape index (κ3) is 3.86. The van der Waals surface area contributed by atoms with Gasteiger partial charge in [0.2, 0.25) is 0 Å². The number of hydrogen-bond donors (Lipinski definition) is 1.